The fraction of sp³-hybridized carbons (Fsp3) is 0.600. The molecule has 13 nitrogen and oxygen atoms in total. The van der Waals surface area contributed by atoms with Crippen LogP contribution in [0.5, 0.6) is 0 Å². The van der Waals surface area contributed by atoms with Gasteiger partial charge in [0.2, 0.25) is 23.6 Å². The number of carboxylic acid groups (broad SMARTS) is 1. The van der Waals surface area contributed by atoms with E-state index in [9.17, 15) is 29.1 Å². The van der Waals surface area contributed by atoms with Crippen molar-refractivity contribution < 1.29 is 29.1 Å². The van der Waals surface area contributed by atoms with Crippen LogP contribution in [0.25, 0.3) is 0 Å². The number of carboxylic acids is 1. The summed E-state index contributed by atoms with van der Waals surface area (Å²) in [5.41, 5.74) is 11.5. The van der Waals surface area contributed by atoms with E-state index in [4.69, 9.17) is 11.5 Å². The number of nitrogens with one attached hydrogen (secondary N) is 4. The van der Waals surface area contributed by atoms with Gasteiger partial charge in [0, 0.05) is 18.3 Å². The molecule has 0 saturated carbocycles. The van der Waals surface area contributed by atoms with Crippen molar-refractivity contribution in [2.75, 3.05) is 12.0 Å². The number of carbonyl (C=O) groups excluding carboxylic acids is 4. The molecule has 0 saturated heterocycles. The van der Waals surface area contributed by atoms with Crippen LogP contribution in [0.3, 0.4) is 0 Å². The highest BCUT2D eigenvalue weighted by atomic mass is 32.2. The summed E-state index contributed by atoms with van der Waals surface area (Å²) in [7, 11) is 0. The summed E-state index contributed by atoms with van der Waals surface area (Å²) in [6.45, 7) is 3.37. The van der Waals surface area contributed by atoms with E-state index in [2.05, 4.69) is 25.9 Å². The van der Waals surface area contributed by atoms with Crippen LogP contribution in [0.15, 0.2) is 12.5 Å². The molecule has 0 aliphatic carbocycles. The second-order valence-corrected chi connectivity index (χ2v) is 9.02. The first-order chi connectivity index (χ1) is 16.0. The van der Waals surface area contributed by atoms with Crippen LogP contribution in [0.1, 0.15) is 32.4 Å². The summed E-state index contributed by atoms with van der Waals surface area (Å²) < 4.78 is 0. The molecule has 4 atom stereocenters. The normalized spacial score (nSPS) is 14.5. The highest BCUT2D eigenvalue weighted by Crippen LogP contribution is 2.07. The highest BCUT2D eigenvalue weighted by molar-refractivity contribution is 7.98. The number of amides is 4. The number of nitrogens with zero attached hydrogens (tertiary/aromatic N) is 1. The fourth-order valence-corrected chi connectivity index (χ4v) is 3.42. The van der Waals surface area contributed by atoms with Crippen LogP contribution in [0, 0.1) is 5.92 Å². The smallest absolute Gasteiger partial charge is 0.326 e. The Labute approximate surface area is 201 Å². The van der Waals surface area contributed by atoms with Gasteiger partial charge in [-0.05, 0) is 24.3 Å². The fourth-order valence-electron chi connectivity index (χ4n) is 2.93. The van der Waals surface area contributed by atoms with Gasteiger partial charge in [-0.3, -0.25) is 19.2 Å². The lowest BCUT2D eigenvalue weighted by atomic mass is 10.0. The second kappa shape index (κ2) is 14.2. The zero-order valence-electron chi connectivity index (χ0n) is 19.4. The van der Waals surface area contributed by atoms with E-state index in [1.807, 2.05) is 6.26 Å². The van der Waals surface area contributed by atoms with Crippen molar-refractivity contribution in [3.63, 3.8) is 0 Å². The van der Waals surface area contributed by atoms with Crippen molar-refractivity contribution in [2.24, 2.45) is 17.4 Å². The monoisotopic (exact) mass is 499 g/mol. The van der Waals surface area contributed by atoms with Crippen molar-refractivity contribution >= 4 is 41.4 Å². The van der Waals surface area contributed by atoms with E-state index in [0.29, 0.717) is 17.9 Å². The van der Waals surface area contributed by atoms with E-state index in [1.165, 1.54) is 24.3 Å². The Morgan fingerprint density at radius 2 is 1.74 bits per heavy atom. The number of aromatic amines is 1. The summed E-state index contributed by atoms with van der Waals surface area (Å²) in [4.78, 5) is 67.7. The molecule has 1 aromatic heterocycles. The number of aromatic nitrogens is 2. The predicted molar refractivity (Wildman–Crippen MR) is 125 cm³/mol. The largest absolute Gasteiger partial charge is 0.480 e. The molecule has 1 aromatic rings. The predicted octanol–water partition coefficient (Wildman–Crippen LogP) is -1.90. The molecule has 9 N–H and O–H groups in total. The van der Waals surface area contributed by atoms with Crippen LogP contribution in [0.2, 0.25) is 0 Å². The quantitative estimate of drug-likeness (QED) is 0.143. The molecule has 4 amide bonds. The lowest BCUT2D eigenvalue weighted by Crippen LogP contribution is -2.59. The van der Waals surface area contributed by atoms with Crippen molar-refractivity contribution in [3.05, 3.63) is 18.2 Å². The number of thioether (sulfide) groups is 1. The summed E-state index contributed by atoms with van der Waals surface area (Å²) in [6, 6.07) is -4.66. The summed E-state index contributed by atoms with van der Waals surface area (Å²) in [6.07, 6.45) is 4.39. The van der Waals surface area contributed by atoms with Crippen molar-refractivity contribution in [1.82, 2.24) is 25.9 Å². The van der Waals surface area contributed by atoms with E-state index in [0.717, 1.165) is 0 Å². The van der Waals surface area contributed by atoms with E-state index in [1.54, 1.807) is 13.8 Å². The lowest BCUT2D eigenvalue weighted by molar-refractivity contribution is -0.142. The Balaban J connectivity index is 2.93. The van der Waals surface area contributed by atoms with Crippen LogP contribution >= 0.6 is 11.8 Å². The lowest BCUT2D eigenvalue weighted by Gasteiger charge is -2.26. The third kappa shape index (κ3) is 9.79. The Morgan fingerprint density at radius 1 is 1.09 bits per heavy atom. The molecular weight excluding hydrogens is 466 g/mol. The SMILES string of the molecule is CSCCC(N)C(=O)NC(C(=O)NC(CC(N)=O)C(=O)NC(Cc1cnc[nH]1)C(=O)O)C(C)C. The van der Waals surface area contributed by atoms with Gasteiger partial charge in [-0.15, -0.1) is 0 Å². The average molecular weight is 500 g/mol. The molecule has 0 fully saturated rings. The Hall–Kier alpha value is -3.13. The van der Waals surface area contributed by atoms with Gasteiger partial charge in [-0.25, -0.2) is 9.78 Å². The maximum absolute atomic E-state index is 12.9. The Kier molecular flexibility index (Phi) is 12.1. The van der Waals surface area contributed by atoms with Gasteiger partial charge in [0.15, 0.2) is 0 Å². The first-order valence-electron chi connectivity index (χ1n) is 10.6. The van der Waals surface area contributed by atoms with Crippen LogP contribution in [-0.4, -0.2) is 80.8 Å². The standard InChI is InChI=1S/C20H33N7O6S/c1-10(2)16(27-17(29)12(21)4-5-34-3)19(31)25-13(7-15(22)28)18(30)26-14(20(32)33)6-11-8-23-9-24-11/h8-10,12-14,16H,4-7,21H2,1-3H3,(H2,22,28)(H,23,24)(H,25,31)(H,26,30)(H,27,29)(H,32,33). The number of aliphatic carboxylic acids is 1. The topological polar surface area (TPSA) is 222 Å². The summed E-state index contributed by atoms with van der Waals surface area (Å²) in [5.74, 6) is -4.09. The third-order valence-electron chi connectivity index (χ3n) is 4.85. The molecule has 0 aliphatic rings. The first-order valence-corrected chi connectivity index (χ1v) is 12.0. The van der Waals surface area contributed by atoms with Crippen LogP contribution in [0.4, 0.5) is 0 Å². The number of H-pyrrole nitrogens is 1. The third-order valence-corrected chi connectivity index (χ3v) is 5.49. The van der Waals surface area contributed by atoms with Crippen LogP contribution in [-0.2, 0) is 30.4 Å². The van der Waals surface area contributed by atoms with Gasteiger partial charge in [-0.1, -0.05) is 13.8 Å². The van der Waals surface area contributed by atoms with Crippen LogP contribution < -0.4 is 27.4 Å². The molecule has 0 bridgehead atoms. The second-order valence-electron chi connectivity index (χ2n) is 8.03. The molecular formula is C20H33N7O6S. The minimum absolute atomic E-state index is 0.100. The van der Waals surface area contributed by atoms with Gasteiger partial charge >= 0.3 is 5.97 Å². The summed E-state index contributed by atoms with van der Waals surface area (Å²) in [5, 5.41) is 16.7. The summed E-state index contributed by atoms with van der Waals surface area (Å²) >= 11 is 1.53. The molecule has 0 spiro atoms. The molecule has 1 rings (SSSR count). The number of hydrogen-bond donors (Lipinski definition) is 7. The van der Waals surface area contributed by atoms with Crippen molar-refractivity contribution in [3.8, 4) is 0 Å². The van der Waals surface area contributed by atoms with E-state index < -0.39 is 60.2 Å². The number of carbonyl (C=O) groups is 5. The molecule has 0 radical (unpaired) electrons. The molecule has 4 unspecified atom stereocenters. The van der Waals surface area contributed by atoms with Crippen molar-refractivity contribution in [2.45, 2.75) is 57.3 Å². The number of primary amides is 1. The minimum Gasteiger partial charge on any atom is -0.480 e. The van der Waals surface area contributed by atoms with Gasteiger partial charge in [-0.2, -0.15) is 11.8 Å². The maximum Gasteiger partial charge on any atom is 0.326 e. The van der Waals surface area contributed by atoms with Gasteiger partial charge < -0.3 is 37.5 Å². The molecule has 1 heterocycles. The number of nitrogens with two attached hydrogens (primary N) is 2. The number of hydrogen-bond acceptors (Lipinski definition) is 8. The zero-order valence-corrected chi connectivity index (χ0v) is 20.2. The highest BCUT2D eigenvalue weighted by Gasteiger charge is 2.32. The maximum atomic E-state index is 12.9. The van der Waals surface area contributed by atoms with Gasteiger partial charge in [0.25, 0.3) is 0 Å². The van der Waals surface area contributed by atoms with Gasteiger partial charge in [0.1, 0.15) is 18.1 Å². The zero-order chi connectivity index (χ0) is 25.8. The molecule has 0 aliphatic heterocycles. The molecule has 34 heavy (non-hydrogen) atoms. The average Bonchev–Trinajstić information content (AvgIpc) is 3.26. The Morgan fingerprint density at radius 3 is 2.24 bits per heavy atom. The van der Waals surface area contributed by atoms with Crippen molar-refractivity contribution in [1.29, 1.82) is 0 Å². The first kappa shape index (κ1) is 28.9. The number of imidazole rings is 1. The van der Waals surface area contributed by atoms with Gasteiger partial charge in [0.05, 0.1) is 18.8 Å². The minimum atomic E-state index is -1.45. The molecule has 0 aromatic carbocycles. The molecule has 14 heteroatoms. The van der Waals surface area contributed by atoms with E-state index >= 15 is 0 Å². The molecule has 190 valence electrons. The number of rotatable bonds is 15. The Bertz CT molecular complexity index is 848. The van der Waals surface area contributed by atoms with E-state index in [-0.39, 0.29) is 12.3 Å².